The van der Waals surface area contributed by atoms with Crippen LogP contribution in [0.5, 0.6) is 5.75 Å². The Hall–Kier alpha value is -2.25. The zero-order valence-electron chi connectivity index (χ0n) is 16.2. The lowest BCUT2D eigenvalue weighted by atomic mass is 10.1. The highest BCUT2D eigenvalue weighted by atomic mass is 35.5. The third kappa shape index (κ3) is 6.14. The Labute approximate surface area is 171 Å². The minimum absolute atomic E-state index is 0.357. The monoisotopic (exact) mass is 424 g/mol. The quantitative estimate of drug-likeness (QED) is 0.627. The van der Waals surface area contributed by atoms with Gasteiger partial charge in [-0.25, -0.2) is 8.42 Å². The second-order valence-electron chi connectivity index (χ2n) is 6.46. The van der Waals surface area contributed by atoms with E-state index in [1.807, 2.05) is 24.3 Å². The number of aryl methyl sites for hydroxylation is 1. The number of sulfonamides is 1. The maximum atomic E-state index is 12.5. The Kier molecular flexibility index (Phi) is 7.71. The molecule has 1 atom stereocenters. The number of halogens is 1. The summed E-state index contributed by atoms with van der Waals surface area (Å²) < 4.78 is 30.7. The highest BCUT2D eigenvalue weighted by molar-refractivity contribution is 7.92. The normalized spacial score (nSPS) is 12.3. The van der Waals surface area contributed by atoms with Gasteiger partial charge in [0.25, 0.3) is 0 Å². The van der Waals surface area contributed by atoms with Crippen molar-refractivity contribution in [3.63, 3.8) is 0 Å². The minimum Gasteiger partial charge on any atom is -0.497 e. The predicted octanol–water partition coefficient (Wildman–Crippen LogP) is 3.25. The molecule has 0 aliphatic rings. The lowest BCUT2D eigenvalue weighted by Gasteiger charge is -2.28. The number of nitrogens with zero attached hydrogens (tertiary/aromatic N) is 1. The fourth-order valence-electron chi connectivity index (χ4n) is 2.87. The van der Waals surface area contributed by atoms with Gasteiger partial charge in [-0.2, -0.15) is 0 Å². The molecule has 0 spiro atoms. The predicted molar refractivity (Wildman–Crippen MR) is 113 cm³/mol. The number of methoxy groups -OCH3 is 1. The van der Waals surface area contributed by atoms with Crippen molar-refractivity contribution < 1.29 is 17.9 Å². The van der Waals surface area contributed by atoms with Crippen LogP contribution in [0, 0.1) is 0 Å². The number of rotatable bonds is 9. The molecule has 0 aliphatic carbocycles. The van der Waals surface area contributed by atoms with Crippen molar-refractivity contribution in [3.05, 3.63) is 59.1 Å². The first-order chi connectivity index (χ1) is 13.2. The standard InChI is InChI=1S/C20H25ClN2O4S/c1-15(23(28(3,25)26)18-8-4-7-17(21)14-18)20(24)22-13-5-6-16-9-11-19(27-2)12-10-16/h4,7-12,14-15H,5-6,13H2,1-3H3,(H,22,24). The third-order valence-electron chi connectivity index (χ3n) is 4.25. The lowest BCUT2D eigenvalue weighted by molar-refractivity contribution is -0.121. The summed E-state index contributed by atoms with van der Waals surface area (Å²) in [7, 11) is -2.04. The van der Waals surface area contributed by atoms with Crippen molar-refractivity contribution in [2.75, 3.05) is 24.2 Å². The average molecular weight is 425 g/mol. The van der Waals surface area contributed by atoms with E-state index in [0.717, 1.165) is 34.7 Å². The molecule has 2 rings (SSSR count). The van der Waals surface area contributed by atoms with Gasteiger partial charge in [0.05, 0.1) is 19.1 Å². The molecule has 0 saturated carbocycles. The van der Waals surface area contributed by atoms with E-state index in [4.69, 9.17) is 16.3 Å². The van der Waals surface area contributed by atoms with Gasteiger partial charge in [-0.3, -0.25) is 9.10 Å². The summed E-state index contributed by atoms with van der Waals surface area (Å²) in [5.74, 6) is 0.438. The zero-order chi connectivity index (χ0) is 20.7. The Morgan fingerprint density at radius 1 is 1.21 bits per heavy atom. The molecule has 0 bridgehead atoms. The van der Waals surface area contributed by atoms with E-state index in [9.17, 15) is 13.2 Å². The molecule has 28 heavy (non-hydrogen) atoms. The van der Waals surface area contributed by atoms with Gasteiger partial charge < -0.3 is 10.1 Å². The number of carbonyl (C=O) groups is 1. The van der Waals surface area contributed by atoms with E-state index < -0.39 is 16.1 Å². The van der Waals surface area contributed by atoms with E-state index in [1.165, 1.54) is 6.07 Å². The largest absolute Gasteiger partial charge is 0.497 e. The number of anilines is 1. The molecule has 1 unspecified atom stereocenters. The summed E-state index contributed by atoms with van der Waals surface area (Å²) >= 11 is 5.97. The summed E-state index contributed by atoms with van der Waals surface area (Å²) in [5.41, 5.74) is 1.50. The first-order valence-corrected chi connectivity index (χ1v) is 11.1. The SMILES string of the molecule is COc1ccc(CCCNC(=O)C(C)N(c2cccc(Cl)c2)S(C)(=O)=O)cc1. The van der Waals surface area contributed by atoms with Gasteiger partial charge in [0.15, 0.2) is 0 Å². The molecule has 6 nitrogen and oxygen atoms in total. The van der Waals surface area contributed by atoms with Crippen LogP contribution in [0.4, 0.5) is 5.69 Å². The zero-order valence-corrected chi connectivity index (χ0v) is 17.8. The number of carbonyl (C=O) groups excluding carboxylic acids is 1. The second-order valence-corrected chi connectivity index (χ2v) is 8.75. The van der Waals surface area contributed by atoms with Crippen LogP contribution in [0.25, 0.3) is 0 Å². The van der Waals surface area contributed by atoms with Crippen molar-refractivity contribution >= 4 is 33.2 Å². The summed E-state index contributed by atoms with van der Waals surface area (Å²) in [4.78, 5) is 12.5. The van der Waals surface area contributed by atoms with Gasteiger partial charge in [0, 0.05) is 11.6 Å². The number of hydrogen-bond acceptors (Lipinski definition) is 4. The molecule has 0 aliphatic heterocycles. The Balaban J connectivity index is 1.95. The van der Waals surface area contributed by atoms with E-state index in [0.29, 0.717) is 17.3 Å². The molecule has 0 saturated heterocycles. The molecule has 1 N–H and O–H groups in total. The second kappa shape index (κ2) is 9.80. The summed E-state index contributed by atoms with van der Waals surface area (Å²) in [6.45, 7) is 2.00. The number of amides is 1. The molecular formula is C20H25ClN2O4S. The summed E-state index contributed by atoms with van der Waals surface area (Å²) in [5, 5.41) is 3.21. The van der Waals surface area contributed by atoms with Crippen LogP contribution < -0.4 is 14.4 Å². The van der Waals surface area contributed by atoms with Crippen LogP contribution >= 0.6 is 11.6 Å². The highest BCUT2D eigenvalue weighted by Crippen LogP contribution is 2.24. The molecule has 0 heterocycles. The van der Waals surface area contributed by atoms with Crippen LogP contribution in [0.1, 0.15) is 18.9 Å². The summed E-state index contributed by atoms with van der Waals surface area (Å²) in [6, 6.07) is 13.3. The topological polar surface area (TPSA) is 75.7 Å². The van der Waals surface area contributed by atoms with E-state index in [2.05, 4.69) is 5.32 Å². The van der Waals surface area contributed by atoms with Crippen LogP contribution in [-0.2, 0) is 21.2 Å². The molecule has 2 aromatic carbocycles. The van der Waals surface area contributed by atoms with Gasteiger partial charge >= 0.3 is 0 Å². The number of benzene rings is 2. The van der Waals surface area contributed by atoms with Crippen molar-refractivity contribution in [3.8, 4) is 5.75 Å². The lowest BCUT2D eigenvalue weighted by Crippen LogP contribution is -2.48. The smallest absolute Gasteiger partial charge is 0.243 e. The van der Waals surface area contributed by atoms with Crippen LogP contribution in [-0.4, -0.2) is 40.3 Å². The van der Waals surface area contributed by atoms with Gasteiger partial charge in [0.2, 0.25) is 15.9 Å². The average Bonchev–Trinajstić information content (AvgIpc) is 2.64. The molecule has 0 fully saturated rings. The number of nitrogens with one attached hydrogen (secondary N) is 1. The number of ether oxygens (including phenoxy) is 1. The van der Waals surface area contributed by atoms with Crippen molar-refractivity contribution in [2.24, 2.45) is 0 Å². The molecule has 2 aromatic rings. The van der Waals surface area contributed by atoms with Gasteiger partial charge in [-0.15, -0.1) is 0 Å². The fraction of sp³-hybridized carbons (Fsp3) is 0.350. The van der Waals surface area contributed by atoms with Gasteiger partial charge in [0.1, 0.15) is 11.8 Å². The molecule has 1 amide bonds. The molecular weight excluding hydrogens is 400 g/mol. The molecule has 152 valence electrons. The molecule has 8 heteroatoms. The third-order valence-corrected chi connectivity index (χ3v) is 5.73. The Morgan fingerprint density at radius 3 is 2.46 bits per heavy atom. The first-order valence-electron chi connectivity index (χ1n) is 8.88. The van der Waals surface area contributed by atoms with Gasteiger partial charge in [-0.05, 0) is 55.7 Å². The highest BCUT2D eigenvalue weighted by Gasteiger charge is 2.28. The van der Waals surface area contributed by atoms with Crippen LogP contribution in [0.3, 0.4) is 0 Å². The minimum atomic E-state index is -3.66. The fourth-order valence-corrected chi connectivity index (χ4v) is 4.22. The van der Waals surface area contributed by atoms with Crippen LogP contribution in [0.15, 0.2) is 48.5 Å². The van der Waals surface area contributed by atoms with E-state index in [-0.39, 0.29) is 5.91 Å². The van der Waals surface area contributed by atoms with Crippen molar-refractivity contribution in [1.82, 2.24) is 5.32 Å². The Bertz CT molecular complexity index is 901. The molecule has 0 aromatic heterocycles. The first kappa shape index (κ1) is 22.0. The maximum Gasteiger partial charge on any atom is 0.243 e. The van der Waals surface area contributed by atoms with Crippen LogP contribution in [0.2, 0.25) is 5.02 Å². The van der Waals surface area contributed by atoms with E-state index >= 15 is 0 Å². The number of hydrogen-bond donors (Lipinski definition) is 1. The van der Waals surface area contributed by atoms with Crippen molar-refractivity contribution in [2.45, 2.75) is 25.8 Å². The Morgan fingerprint density at radius 2 is 1.89 bits per heavy atom. The maximum absolute atomic E-state index is 12.5. The van der Waals surface area contributed by atoms with Gasteiger partial charge in [-0.1, -0.05) is 29.8 Å². The summed E-state index contributed by atoms with van der Waals surface area (Å²) in [6.07, 6.45) is 2.60. The van der Waals surface area contributed by atoms with Crippen molar-refractivity contribution in [1.29, 1.82) is 0 Å². The van der Waals surface area contributed by atoms with E-state index in [1.54, 1.807) is 32.2 Å². The molecule has 0 radical (unpaired) electrons.